The largest absolute Gasteiger partial charge is 0.493 e. The zero-order valence-electron chi connectivity index (χ0n) is 17.0. The monoisotopic (exact) mass is 399 g/mol. The third kappa shape index (κ3) is 2.69. The van der Waals surface area contributed by atoms with E-state index in [1.165, 1.54) is 0 Å². The second-order valence-corrected chi connectivity index (χ2v) is 6.87. The number of rotatable bonds is 5. The molecular weight excluding hydrogens is 378 g/mol. The van der Waals surface area contributed by atoms with E-state index in [4.69, 9.17) is 19.2 Å². The summed E-state index contributed by atoms with van der Waals surface area (Å²) >= 11 is 0. The summed E-state index contributed by atoms with van der Waals surface area (Å²) in [5, 5.41) is 0. The maximum absolute atomic E-state index is 5.59. The van der Waals surface area contributed by atoms with Crippen molar-refractivity contribution in [2.75, 3.05) is 21.3 Å². The third-order valence-electron chi connectivity index (χ3n) is 5.25. The topological polar surface area (TPSA) is 49.9 Å². The molecule has 0 amide bonds. The summed E-state index contributed by atoms with van der Waals surface area (Å²) in [5.41, 5.74) is 4.96. The van der Waals surface area contributed by atoms with Crippen molar-refractivity contribution in [2.45, 2.75) is 0 Å². The summed E-state index contributed by atoms with van der Waals surface area (Å²) in [6, 6.07) is 22.2. The first-order valence-electron chi connectivity index (χ1n) is 9.59. The van der Waals surface area contributed by atoms with Crippen molar-refractivity contribution in [3.05, 3.63) is 72.9 Å². The molecule has 0 radical (unpaired) electrons. The van der Waals surface area contributed by atoms with Gasteiger partial charge in [-0.25, -0.2) is 4.98 Å². The van der Waals surface area contributed by atoms with Crippen LogP contribution in [0, 0.1) is 0 Å². The van der Waals surface area contributed by atoms with E-state index in [0.29, 0.717) is 17.2 Å². The number of fused-ring (bicyclic) bond motifs is 3. The molecule has 3 aromatic carbocycles. The lowest BCUT2D eigenvalue weighted by molar-refractivity contribution is 0.324. The van der Waals surface area contributed by atoms with Gasteiger partial charge in [0.1, 0.15) is 0 Å². The first-order valence-corrected chi connectivity index (χ1v) is 9.59. The van der Waals surface area contributed by atoms with Gasteiger partial charge in [0.05, 0.1) is 43.7 Å². The predicted octanol–water partition coefficient (Wildman–Crippen LogP) is 4.97. The quantitative estimate of drug-likeness (QED) is 0.419. The minimum Gasteiger partial charge on any atom is -0.493 e. The molecule has 0 aliphatic rings. The van der Waals surface area contributed by atoms with E-state index >= 15 is 0 Å². The highest BCUT2D eigenvalue weighted by atomic mass is 16.5. The average Bonchev–Trinajstić information content (AvgIpc) is 3.34. The van der Waals surface area contributed by atoms with Gasteiger partial charge in [0.25, 0.3) is 0 Å². The molecule has 150 valence electrons. The molecule has 0 aliphatic carbocycles. The van der Waals surface area contributed by atoms with Crippen LogP contribution in [-0.4, -0.2) is 35.3 Å². The van der Waals surface area contributed by atoms with Crippen LogP contribution < -0.4 is 14.2 Å². The zero-order chi connectivity index (χ0) is 20.7. The van der Waals surface area contributed by atoms with Gasteiger partial charge in [-0.3, -0.25) is 8.97 Å². The number of hydrogen-bond acceptors (Lipinski definition) is 4. The van der Waals surface area contributed by atoms with Gasteiger partial charge in [0.2, 0.25) is 11.5 Å². The van der Waals surface area contributed by atoms with Gasteiger partial charge in [0, 0.05) is 23.9 Å². The van der Waals surface area contributed by atoms with E-state index in [1.54, 1.807) is 21.3 Å². The molecule has 0 fully saturated rings. The molecule has 2 heterocycles. The van der Waals surface area contributed by atoms with Gasteiger partial charge >= 0.3 is 0 Å². The maximum atomic E-state index is 5.59. The van der Waals surface area contributed by atoms with Gasteiger partial charge in [0.15, 0.2) is 11.5 Å². The molecule has 5 aromatic rings. The minimum atomic E-state index is 0.557. The normalized spacial score (nSPS) is 11.2. The molecule has 0 unspecified atom stereocenters. The van der Waals surface area contributed by atoms with Crippen LogP contribution in [0.25, 0.3) is 33.8 Å². The Hall–Kier alpha value is -3.93. The van der Waals surface area contributed by atoms with Crippen molar-refractivity contribution in [3.63, 3.8) is 0 Å². The van der Waals surface area contributed by atoms with Crippen LogP contribution in [0.4, 0.5) is 0 Å². The molecule has 0 saturated carbocycles. The van der Waals surface area contributed by atoms with Crippen LogP contribution >= 0.6 is 0 Å². The number of para-hydroxylation sites is 2. The van der Waals surface area contributed by atoms with Crippen molar-refractivity contribution in [1.29, 1.82) is 0 Å². The summed E-state index contributed by atoms with van der Waals surface area (Å²) in [7, 11) is 4.84. The van der Waals surface area contributed by atoms with Gasteiger partial charge in [-0.1, -0.05) is 42.5 Å². The molecule has 0 aliphatic heterocycles. The number of benzene rings is 3. The first-order chi connectivity index (χ1) is 14.7. The highest BCUT2D eigenvalue weighted by Gasteiger charge is 2.20. The van der Waals surface area contributed by atoms with E-state index in [1.807, 2.05) is 48.5 Å². The molecule has 0 saturated heterocycles. The van der Waals surface area contributed by atoms with Crippen LogP contribution in [0.2, 0.25) is 0 Å². The van der Waals surface area contributed by atoms with E-state index in [9.17, 15) is 0 Å². The van der Waals surface area contributed by atoms with Gasteiger partial charge < -0.3 is 14.2 Å². The summed E-state index contributed by atoms with van der Waals surface area (Å²) in [5.74, 6) is 2.55. The molecule has 0 spiro atoms. The summed E-state index contributed by atoms with van der Waals surface area (Å²) < 4.78 is 20.9. The highest BCUT2D eigenvalue weighted by Crippen LogP contribution is 2.41. The van der Waals surface area contributed by atoms with Crippen LogP contribution in [0.5, 0.6) is 17.2 Å². The fraction of sp³-hybridized carbons (Fsp3) is 0.125. The van der Waals surface area contributed by atoms with E-state index in [-0.39, 0.29) is 0 Å². The molecule has 0 bridgehead atoms. The Morgan fingerprint density at radius 3 is 2.10 bits per heavy atom. The number of hydrogen-bond donors (Lipinski definition) is 0. The van der Waals surface area contributed by atoms with Crippen molar-refractivity contribution in [1.82, 2.24) is 14.0 Å². The van der Waals surface area contributed by atoms with Crippen molar-refractivity contribution < 1.29 is 14.2 Å². The standard InChI is InChI=1S/C24H21N3O3/c1-28-21-13-17(14-22(29-2)23(21)30-3)27-20(16-9-5-4-6-10-16)15-26-19-12-8-7-11-18(19)25-24(26)27/h4-15H,1-3H3. The Morgan fingerprint density at radius 2 is 1.43 bits per heavy atom. The van der Waals surface area contributed by atoms with Crippen LogP contribution in [0.1, 0.15) is 0 Å². The van der Waals surface area contributed by atoms with Gasteiger partial charge in [-0.15, -0.1) is 0 Å². The molecular formula is C24H21N3O3. The number of aromatic nitrogens is 3. The first kappa shape index (κ1) is 18.1. The summed E-state index contributed by atoms with van der Waals surface area (Å²) in [6.45, 7) is 0. The lowest BCUT2D eigenvalue weighted by Gasteiger charge is -2.16. The molecule has 5 rings (SSSR count). The lowest BCUT2D eigenvalue weighted by Crippen LogP contribution is -2.01. The SMILES string of the molecule is COc1cc(-n2c(-c3ccccc3)cn3c4ccccc4nc23)cc(OC)c1OC. The predicted molar refractivity (Wildman–Crippen MR) is 117 cm³/mol. The second-order valence-electron chi connectivity index (χ2n) is 6.87. The fourth-order valence-corrected chi connectivity index (χ4v) is 3.87. The van der Waals surface area contributed by atoms with Crippen LogP contribution in [0.3, 0.4) is 0 Å². The Balaban J connectivity index is 1.87. The maximum Gasteiger partial charge on any atom is 0.220 e. The molecule has 0 atom stereocenters. The smallest absolute Gasteiger partial charge is 0.220 e. The molecule has 2 aromatic heterocycles. The Labute approximate surface area is 173 Å². The number of nitrogens with zero attached hydrogens (tertiary/aromatic N) is 3. The van der Waals surface area contributed by atoms with E-state index in [0.717, 1.165) is 33.8 Å². The average molecular weight is 399 g/mol. The second kappa shape index (κ2) is 7.15. The van der Waals surface area contributed by atoms with Crippen molar-refractivity contribution in [2.24, 2.45) is 0 Å². The molecule has 6 nitrogen and oxygen atoms in total. The molecule has 30 heavy (non-hydrogen) atoms. The van der Waals surface area contributed by atoms with Crippen molar-refractivity contribution in [3.8, 4) is 34.2 Å². The zero-order valence-corrected chi connectivity index (χ0v) is 17.0. The third-order valence-corrected chi connectivity index (χ3v) is 5.25. The summed E-state index contributed by atoms with van der Waals surface area (Å²) in [4.78, 5) is 4.90. The van der Waals surface area contributed by atoms with Crippen molar-refractivity contribution >= 4 is 16.8 Å². The fourth-order valence-electron chi connectivity index (χ4n) is 3.87. The lowest BCUT2D eigenvalue weighted by atomic mass is 10.1. The Morgan fingerprint density at radius 1 is 0.767 bits per heavy atom. The Kier molecular flexibility index (Phi) is 4.32. The van der Waals surface area contributed by atoms with Crippen LogP contribution in [0.15, 0.2) is 72.9 Å². The van der Waals surface area contributed by atoms with E-state index in [2.05, 4.69) is 33.4 Å². The molecule has 6 heteroatoms. The summed E-state index contributed by atoms with van der Waals surface area (Å²) in [6.07, 6.45) is 2.11. The Bertz CT molecular complexity index is 1330. The number of ether oxygens (including phenoxy) is 3. The minimum absolute atomic E-state index is 0.557. The van der Waals surface area contributed by atoms with Gasteiger partial charge in [-0.05, 0) is 12.1 Å². The van der Waals surface area contributed by atoms with Crippen LogP contribution in [-0.2, 0) is 0 Å². The van der Waals surface area contributed by atoms with E-state index < -0.39 is 0 Å². The highest BCUT2D eigenvalue weighted by molar-refractivity contribution is 5.82. The number of methoxy groups -OCH3 is 3. The van der Waals surface area contributed by atoms with Gasteiger partial charge in [-0.2, -0.15) is 0 Å². The number of imidazole rings is 2. The molecule has 0 N–H and O–H groups in total.